The first-order valence-electron chi connectivity index (χ1n) is 4.90. The summed E-state index contributed by atoms with van der Waals surface area (Å²) in [5.74, 6) is -1.85. The Bertz CT molecular complexity index is 423. The average Bonchev–Trinajstić information content (AvgIpc) is 2.27. The number of benzene rings is 1. The van der Waals surface area contributed by atoms with E-state index in [9.17, 15) is 18.0 Å². The predicted molar refractivity (Wildman–Crippen MR) is 59.7 cm³/mol. The van der Waals surface area contributed by atoms with Crippen molar-refractivity contribution in [1.82, 2.24) is 0 Å². The van der Waals surface area contributed by atoms with E-state index in [4.69, 9.17) is 0 Å². The molecule has 5 heteroatoms. The molecular formula is C12H12F3NO. The molecule has 0 heterocycles. The quantitative estimate of drug-likeness (QED) is 0.760. The van der Waals surface area contributed by atoms with Crippen molar-refractivity contribution in [1.29, 1.82) is 0 Å². The first-order chi connectivity index (χ1) is 7.82. The molecule has 0 aliphatic carbocycles. The molecule has 2 nitrogen and oxygen atoms in total. The second-order valence-corrected chi connectivity index (χ2v) is 3.54. The van der Waals surface area contributed by atoms with Crippen LogP contribution in [-0.4, -0.2) is 19.0 Å². The molecule has 0 N–H and O–H groups in total. The molecule has 0 aliphatic rings. The second-order valence-electron chi connectivity index (χ2n) is 3.54. The second kappa shape index (κ2) is 5.03. The van der Waals surface area contributed by atoms with Crippen LogP contribution in [0.2, 0.25) is 0 Å². The van der Waals surface area contributed by atoms with E-state index in [1.54, 1.807) is 37.4 Å². The molecule has 0 saturated heterocycles. The molecule has 0 atom stereocenters. The third-order valence-corrected chi connectivity index (χ3v) is 2.29. The van der Waals surface area contributed by atoms with Gasteiger partial charge in [-0.2, -0.15) is 13.2 Å². The van der Waals surface area contributed by atoms with Crippen molar-refractivity contribution in [2.24, 2.45) is 0 Å². The average molecular weight is 243 g/mol. The minimum absolute atomic E-state index is 0.235. The molecule has 92 valence electrons. The van der Waals surface area contributed by atoms with Gasteiger partial charge in [0.25, 0.3) is 5.78 Å². The lowest BCUT2D eigenvalue weighted by Gasteiger charge is -2.19. The van der Waals surface area contributed by atoms with Gasteiger partial charge in [0.1, 0.15) is 0 Å². The fourth-order valence-electron chi connectivity index (χ4n) is 1.22. The number of halogens is 3. The summed E-state index contributed by atoms with van der Waals surface area (Å²) in [6.45, 7) is 1.46. The van der Waals surface area contributed by atoms with Crippen LogP contribution in [-0.2, 0) is 4.79 Å². The van der Waals surface area contributed by atoms with E-state index in [-0.39, 0.29) is 5.70 Å². The number of anilines is 1. The van der Waals surface area contributed by atoms with E-state index in [1.807, 2.05) is 0 Å². The monoisotopic (exact) mass is 243 g/mol. The third kappa shape index (κ3) is 3.62. The number of nitrogens with zero attached hydrogens (tertiary/aromatic N) is 1. The standard InChI is InChI=1S/C12H12F3NO/c1-9(8-11(17)12(13,14)15)16(2)10-6-4-3-5-7-10/h3-8H,1-2H3/b9-8+. The first kappa shape index (κ1) is 13.3. The maximum absolute atomic E-state index is 12.1. The molecule has 0 radical (unpaired) electrons. The maximum atomic E-state index is 12.1. The molecule has 1 aromatic rings. The van der Waals surface area contributed by atoms with Crippen LogP contribution in [0.5, 0.6) is 0 Å². The van der Waals surface area contributed by atoms with Crippen molar-refractivity contribution >= 4 is 11.5 Å². The Kier molecular flexibility index (Phi) is 3.93. The summed E-state index contributed by atoms with van der Waals surface area (Å²) in [6, 6.07) is 8.83. The van der Waals surface area contributed by atoms with Gasteiger partial charge in [0.05, 0.1) is 0 Å². The normalized spacial score (nSPS) is 12.4. The van der Waals surface area contributed by atoms with Crippen LogP contribution in [0, 0.1) is 0 Å². The topological polar surface area (TPSA) is 20.3 Å². The van der Waals surface area contributed by atoms with Crippen molar-refractivity contribution < 1.29 is 18.0 Å². The van der Waals surface area contributed by atoms with Crippen LogP contribution in [0.4, 0.5) is 18.9 Å². The van der Waals surface area contributed by atoms with Crippen molar-refractivity contribution in [3.05, 3.63) is 42.1 Å². The SMILES string of the molecule is C/C(=C\C(=O)C(F)(F)F)N(C)c1ccccc1. The molecule has 0 aromatic heterocycles. The summed E-state index contributed by atoms with van der Waals surface area (Å²) in [5.41, 5.74) is 0.953. The molecule has 0 saturated carbocycles. The van der Waals surface area contributed by atoms with Gasteiger partial charge < -0.3 is 4.90 Å². The van der Waals surface area contributed by atoms with Crippen LogP contribution in [0.15, 0.2) is 42.1 Å². The highest BCUT2D eigenvalue weighted by atomic mass is 19.4. The minimum atomic E-state index is -4.82. The van der Waals surface area contributed by atoms with Gasteiger partial charge >= 0.3 is 6.18 Å². The summed E-state index contributed by atoms with van der Waals surface area (Å²) in [7, 11) is 1.60. The van der Waals surface area contributed by atoms with Crippen molar-refractivity contribution in [3.8, 4) is 0 Å². The molecule has 0 spiro atoms. The van der Waals surface area contributed by atoms with Gasteiger partial charge in [-0.3, -0.25) is 4.79 Å². The number of alkyl halides is 3. The molecule has 0 amide bonds. The Morgan fingerprint density at radius 2 is 1.76 bits per heavy atom. The zero-order valence-electron chi connectivity index (χ0n) is 9.45. The van der Waals surface area contributed by atoms with Gasteiger partial charge in [0.2, 0.25) is 0 Å². The Morgan fingerprint density at radius 1 is 1.24 bits per heavy atom. The number of carbonyl (C=O) groups excluding carboxylic acids is 1. The largest absolute Gasteiger partial charge is 0.454 e. The van der Waals surface area contributed by atoms with E-state index in [0.29, 0.717) is 6.08 Å². The summed E-state index contributed by atoms with van der Waals surface area (Å²) in [4.78, 5) is 12.3. The zero-order valence-corrected chi connectivity index (χ0v) is 9.45. The number of para-hydroxylation sites is 1. The number of rotatable bonds is 3. The van der Waals surface area contributed by atoms with Crippen LogP contribution >= 0.6 is 0 Å². The van der Waals surface area contributed by atoms with Crippen LogP contribution in [0.1, 0.15) is 6.92 Å². The minimum Gasteiger partial charge on any atom is -0.348 e. The Hall–Kier alpha value is -1.78. The molecule has 0 bridgehead atoms. The molecular weight excluding hydrogens is 231 g/mol. The molecule has 1 rings (SSSR count). The summed E-state index contributed by atoms with van der Waals surface area (Å²) in [5, 5.41) is 0. The molecule has 0 aliphatic heterocycles. The lowest BCUT2D eigenvalue weighted by molar-refractivity contribution is -0.165. The number of allylic oxidation sites excluding steroid dienone is 2. The van der Waals surface area contributed by atoms with Crippen LogP contribution in [0.25, 0.3) is 0 Å². The van der Waals surface area contributed by atoms with Crippen molar-refractivity contribution in [2.75, 3.05) is 11.9 Å². The van der Waals surface area contributed by atoms with Gasteiger partial charge in [0, 0.05) is 24.5 Å². The Morgan fingerprint density at radius 3 is 2.24 bits per heavy atom. The number of hydrogen-bond acceptors (Lipinski definition) is 2. The lowest BCUT2D eigenvalue weighted by atomic mass is 10.2. The van der Waals surface area contributed by atoms with Gasteiger partial charge in [-0.1, -0.05) is 18.2 Å². The van der Waals surface area contributed by atoms with E-state index in [1.165, 1.54) is 11.8 Å². The van der Waals surface area contributed by atoms with Crippen LogP contribution in [0.3, 0.4) is 0 Å². The number of carbonyl (C=O) groups is 1. The Balaban J connectivity index is 2.88. The Labute approximate surface area is 97.3 Å². The first-order valence-corrected chi connectivity index (χ1v) is 4.90. The van der Waals surface area contributed by atoms with Crippen molar-refractivity contribution in [3.63, 3.8) is 0 Å². The third-order valence-electron chi connectivity index (χ3n) is 2.29. The predicted octanol–water partition coefficient (Wildman–Crippen LogP) is 3.16. The van der Waals surface area contributed by atoms with E-state index in [0.717, 1.165) is 5.69 Å². The fraction of sp³-hybridized carbons (Fsp3) is 0.250. The highest BCUT2D eigenvalue weighted by molar-refractivity contribution is 5.95. The van der Waals surface area contributed by atoms with Crippen molar-refractivity contribution in [2.45, 2.75) is 13.1 Å². The van der Waals surface area contributed by atoms with Crippen LogP contribution < -0.4 is 4.90 Å². The number of ketones is 1. The van der Waals surface area contributed by atoms with Gasteiger partial charge in [-0.15, -0.1) is 0 Å². The molecule has 0 unspecified atom stereocenters. The summed E-state index contributed by atoms with van der Waals surface area (Å²) in [6.07, 6.45) is -4.23. The van der Waals surface area contributed by atoms with E-state index in [2.05, 4.69) is 0 Å². The number of hydrogen-bond donors (Lipinski definition) is 0. The molecule has 0 fully saturated rings. The molecule has 17 heavy (non-hydrogen) atoms. The summed E-state index contributed by atoms with van der Waals surface area (Å²) < 4.78 is 36.2. The van der Waals surface area contributed by atoms with E-state index >= 15 is 0 Å². The maximum Gasteiger partial charge on any atom is 0.454 e. The van der Waals surface area contributed by atoms with Gasteiger partial charge in [0.15, 0.2) is 0 Å². The highest BCUT2D eigenvalue weighted by Gasteiger charge is 2.36. The van der Waals surface area contributed by atoms with Gasteiger partial charge in [-0.25, -0.2) is 0 Å². The highest BCUT2D eigenvalue weighted by Crippen LogP contribution is 2.20. The zero-order chi connectivity index (χ0) is 13.1. The summed E-state index contributed by atoms with van der Waals surface area (Å²) >= 11 is 0. The van der Waals surface area contributed by atoms with E-state index < -0.39 is 12.0 Å². The molecule has 1 aromatic carbocycles. The fourth-order valence-corrected chi connectivity index (χ4v) is 1.22. The smallest absolute Gasteiger partial charge is 0.348 e. The lowest BCUT2D eigenvalue weighted by Crippen LogP contribution is -2.23. The van der Waals surface area contributed by atoms with Gasteiger partial charge in [-0.05, 0) is 19.1 Å².